The van der Waals surface area contributed by atoms with Crippen LogP contribution in [0, 0.1) is 29.1 Å². The summed E-state index contributed by atoms with van der Waals surface area (Å²) in [5.74, 6) is 0.485. The van der Waals surface area contributed by atoms with Gasteiger partial charge in [0.05, 0.1) is 19.3 Å². The van der Waals surface area contributed by atoms with Crippen molar-refractivity contribution in [2.24, 2.45) is 29.1 Å². The van der Waals surface area contributed by atoms with Gasteiger partial charge in [0.25, 0.3) is 5.91 Å². The number of carbonyl (C=O) groups is 2. The zero-order valence-corrected chi connectivity index (χ0v) is 33.6. The van der Waals surface area contributed by atoms with Gasteiger partial charge in [-0.15, -0.1) is 0 Å². The first-order valence-electron chi connectivity index (χ1n) is 19.4. The SMILES string of the molecule is C[C@H](O)[C@@H]1[C@H](CO)ON(Cc2cccc(-c3cc(C(=O)N[C@@H](Cc4ccccn4)CN(C)C)cc(N(C)C)c3)c2)[C@@H]1C(=O)NC[C@@H](C)[C@H]1C[C@@H](C)C1(C)C. The third-order valence-electron chi connectivity index (χ3n) is 11.9. The lowest BCUT2D eigenvalue weighted by atomic mass is 9.52. The van der Waals surface area contributed by atoms with Gasteiger partial charge in [-0.1, -0.05) is 52.0 Å². The van der Waals surface area contributed by atoms with Gasteiger partial charge < -0.3 is 30.6 Å². The van der Waals surface area contributed by atoms with E-state index in [-0.39, 0.29) is 36.4 Å². The molecule has 1 saturated carbocycles. The zero-order valence-electron chi connectivity index (χ0n) is 33.6. The molecule has 1 aliphatic carbocycles. The largest absolute Gasteiger partial charge is 0.394 e. The van der Waals surface area contributed by atoms with E-state index in [9.17, 15) is 19.8 Å². The van der Waals surface area contributed by atoms with Crippen LogP contribution in [0.4, 0.5) is 5.69 Å². The van der Waals surface area contributed by atoms with Crippen LogP contribution in [0.15, 0.2) is 66.9 Å². The maximum atomic E-state index is 13.9. The highest BCUT2D eigenvalue weighted by atomic mass is 16.7. The molecular formula is C43H62N6O5. The Bertz CT molecular complexity index is 1720. The summed E-state index contributed by atoms with van der Waals surface area (Å²) in [4.78, 5) is 42.5. The standard InChI is InChI=1S/C43H62N6O5/c1-27(37-17-28(2)43(37,4)5)23-45-42(53)40-39(29(3)51)38(26-50)54-49(40)24-30-13-12-14-31(18-30)32-19-33(21-36(20-32)48(8)9)41(52)46-35(25-47(6)7)22-34-15-10-11-16-44-34/h10-16,18-21,27-29,35,37-40,50-51H,17,22-26H2,1-9H3,(H,45,53)(H,46,52)/t27-,28-,29+,35+,37-,38+,39-,40+/m1/s1. The van der Waals surface area contributed by atoms with Gasteiger partial charge in [-0.25, -0.2) is 0 Å². The zero-order chi connectivity index (χ0) is 39.3. The van der Waals surface area contributed by atoms with E-state index in [0.717, 1.165) is 34.5 Å². The molecular weight excluding hydrogens is 681 g/mol. The predicted octanol–water partition coefficient (Wildman–Crippen LogP) is 4.63. The monoisotopic (exact) mass is 742 g/mol. The van der Waals surface area contributed by atoms with Crippen molar-refractivity contribution in [2.45, 2.75) is 78.3 Å². The smallest absolute Gasteiger partial charge is 0.251 e. The van der Waals surface area contributed by atoms with Crippen LogP contribution in [-0.4, -0.2) is 109 Å². The molecule has 11 heteroatoms. The van der Waals surface area contributed by atoms with E-state index >= 15 is 0 Å². The highest BCUT2D eigenvalue weighted by molar-refractivity contribution is 5.97. The van der Waals surface area contributed by atoms with Gasteiger partial charge in [0.2, 0.25) is 5.91 Å². The van der Waals surface area contributed by atoms with Crippen LogP contribution < -0.4 is 15.5 Å². The molecule has 4 N–H and O–H groups in total. The number of aliphatic hydroxyl groups is 2. The number of hydrogen-bond acceptors (Lipinski definition) is 9. The molecule has 2 aliphatic rings. The fraction of sp³-hybridized carbons (Fsp3) is 0.558. The number of hydrogen-bond donors (Lipinski definition) is 4. The summed E-state index contributed by atoms with van der Waals surface area (Å²) < 4.78 is 0. The average Bonchev–Trinajstić information content (AvgIpc) is 3.51. The molecule has 1 aromatic heterocycles. The molecule has 0 radical (unpaired) electrons. The molecule has 0 unspecified atom stereocenters. The van der Waals surface area contributed by atoms with Gasteiger partial charge in [-0.3, -0.25) is 19.4 Å². The Hall–Kier alpha value is -3.87. The van der Waals surface area contributed by atoms with Crippen molar-refractivity contribution in [3.05, 3.63) is 83.7 Å². The van der Waals surface area contributed by atoms with Gasteiger partial charge in [0.15, 0.2) is 0 Å². The Labute approximate surface area is 322 Å². The highest BCUT2D eigenvalue weighted by Gasteiger charge is 2.50. The number of anilines is 1. The molecule has 1 aliphatic heterocycles. The van der Waals surface area contributed by atoms with Crippen molar-refractivity contribution >= 4 is 17.5 Å². The maximum absolute atomic E-state index is 13.9. The molecule has 11 nitrogen and oxygen atoms in total. The number of hydroxylamine groups is 2. The summed E-state index contributed by atoms with van der Waals surface area (Å²) in [7, 11) is 7.88. The van der Waals surface area contributed by atoms with Gasteiger partial charge in [0, 0.05) is 68.7 Å². The molecule has 3 aromatic rings. The minimum Gasteiger partial charge on any atom is -0.394 e. The minimum atomic E-state index is -0.877. The summed E-state index contributed by atoms with van der Waals surface area (Å²) in [6, 6.07) is 18.7. The third kappa shape index (κ3) is 9.67. The molecule has 2 fully saturated rings. The number of benzene rings is 2. The maximum Gasteiger partial charge on any atom is 0.251 e. The number of aromatic nitrogens is 1. The second-order valence-electron chi connectivity index (χ2n) is 16.8. The third-order valence-corrected chi connectivity index (χ3v) is 11.9. The number of amides is 2. The fourth-order valence-corrected chi connectivity index (χ4v) is 8.38. The van der Waals surface area contributed by atoms with Gasteiger partial charge >= 0.3 is 0 Å². The second-order valence-corrected chi connectivity index (χ2v) is 16.8. The summed E-state index contributed by atoms with van der Waals surface area (Å²) in [6.07, 6.45) is 1.92. The Morgan fingerprint density at radius 1 is 1.04 bits per heavy atom. The minimum absolute atomic E-state index is 0.145. The first-order valence-corrected chi connectivity index (χ1v) is 19.4. The molecule has 8 atom stereocenters. The number of rotatable bonds is 16. The molecule has 2 amide bonds. The van der Waals surface area contributed by atoms with E-state index in [4.69, 9.17) is 4.84 Å². The van der Waals surface area contributed by atoms with Gasteiger partial charge in [0.1, 0.15) is 12.1 Å². The Kier molecular flexibility index (Phi) is 13.6. The second kappa shape index (κ2) is 17.7. The number of carbonyl (C=O) groups excluding carboxylic acids is 2. The lowest BCUT2D eigenvalue weighted by Crippen LogP contribution is -2.52. The number of likely N-dealkylation sites (N-methyl/N-ethyl adjacent to an activating group) is 1. The lowest BCUT2D eigenvalue weighted by molar-refractivity contribution is -0.182. The van der Waals surface area contributed by atoms with E-state index in [2.05, 4.69) is 54.3 Å². The Balaban J connectivity index is 1.36. The van der Waals surface area contributed by atoms with E-state index in [1.54, 1.807) is 18.2 Å². The van der Waals surface area contributed by atoms with Crippen LogP contribution in [0.1, 0.15) is 62.7 Å². The van der Waals surface area contributed by atoms with E-state index in [1.165, 1.54) is 0 Å². The number of aliphatic hydroxyl groups excluding tert-OH is 2. The van der Waals surface area contributed by atoms with Crippen LogP contribution in [0.2, 0.25) is 0 Å². The van der Waals surface area contributed by atoms with Crippen LogP contribution in [0.3, 0.4) is 0 Å². The first-order chi connectivity index (χ1) is 25.6. The molecule has 0 bridgehead atoms. The Morgan fingerprint density at radius 2 is 1.80 bits per heavy atom. The van der Waals surface area contributed by atoms with Crippen LogP contribution in [0.25, 0.3) is 11.1 Å². The molecule has 2 aromatic carbocycles. The van der Waals surface area contributed by atoms with E-state index in [1.807, 2.05) is 87.7 Å². The predicted molar refractivity (Wildman–Crippen MR) is 214 cm³/mol. The Morgan fingerprint density at radius 3 is 2.41 bits per heavy atom. The van der Waals surface area contributed by atoms with Crippen LogP contribution >= 0.6 is 0 Å². The fourth-order valence-electron chi connectivity index (χ4n) is 8.38. The van der Waals surface area contributed by atoms with Crippen molar-refractivity contribution < 1.29 is 24.6 Å². The topological polar surface area (TPSA) is 130 Å². The molecule has 294 valence electrons. The van der Waals surface area contributed by atoms with Crippen molar-refractivity contribution in [3.63, 3.8) is 0 Å². The molecule has 0 spiro atoms. The summed E-state index contributed by atoms with van der Waals surface area (Å²) in [5.41, 5.74) is 5.23. The highest BCUT2D eigenvalue weighted by Crippen LogP contribution is 2.54. The summed E-state index contributed by atoms with van der Waals surface area (Å²) in [6.45, 7) is 11.9. The number of pyridine rings is 1. The lowest BCUT2D eigenvalue weighted by Gasteiger charge is -2.53. The van der Waals surface area contributed by atoms with Crippen LogP contribution in [0.5, 0.6) is 0 Å². The summed E-state index contributed by atoms with van der Waals surface area (Å²) in [5, 5.41) is 29.1. The van der Waals surface area contributed by atoms with Crippen LogP contribution in [-0.2, 0) is 22.6 Å². The summed E-state index contributed by atoms with van der Waals surface area (Å²) >= 11 is 0. The van der Waals surface area contributed by atoms with Crippen molar-refractivity contribution in [3.8, 4) is 11.1 Å². The number of nitrogens with one attached hydrogen (secondary N) is 2. The quantitative estimate of drug-likeness (QED) is 0.166. The molecule has 5 rings (SSSR count). The van der Waals surface area contributed by atoms with E-state index < -0.39 is 24.2 Å². The molecule has 54 heavy (non-hydrogen) atoms. The van der Waals surface area contributed by atoms with Gasteiger partial charge in [-0.2, -0.15) is 5.06 Å². The average molecular weight is 743 g/mol. The van der Waals surface area contributed by atoms with Crippen molar-refractivity contribution in [2.75, 3.05) is 52.8 Å². The van der Waals surface area contributed by atoms with Crippen molar-refractivity contribution in [1.29, 1.82) is 0 Å². The molecule has 2 heterocycles. The normalized spacial score (nSPS) is 24.0. The van der Waals surface area contributed by atoms with E-state index in [0.29, 0.717) is 42.8 Å². The number of nitrogens with zero attached hydrogens (tertiary/aromatic N) is 4. The first kappa shape index (κ1) is 41.3. The molecule has 1 saturated heterocycles. The van der Waals surface area contributed by atoms with Crippen molar-refractivity contribution in [1.82, 2.24) is 25.6 Å². The van der Waals surface area contributed by atoms with Gasteiger partial charge in [-0.05, 0) is 104 Å².